The van der Waals surface area contributed by atoms with Gasteiger partial charge in [0, 0.05) is 25.7 Å². The van der Waals surface area contributed by atoms with Gasteiger partial charge in [0.1, 0.15) is 23.2 Å². The summed E-state index contributed by atoms with van der Waals surface area (Å²) in [4.78, 5) is 64.6. The normalized spacial score (nSPS) is 12.2. The maximum Gasteiger partial charge on any atom is 0.414 e. The summed E-state index contributed by atoms with van der Waals surface area (Å²) in [5, 5.41) is 16.7. The minimum atomic E-state index is -0.727. The minimum Gasteiger partial charge on any atom is -0.444 e. The quantitative estimate of drug-likeness (QED) is 0.0330. The molecule has 15 heteroatoms. The van der Waals surface area contributed by atoms with E-state index in [0.29, 0.717) is 19.6 Å². The molecule has 0 aromatic heterocycles. The highest BCUT2D eigenvalue weighted by Gasteiger charge is 2.21. The summed E-state index contributed by atoms with van der Waals surface area (Å²) >= 11 is 0. The molecule has 0 aromatic carbocycles. The largest absolute Gasteiger partial charge is 0.444 e. The topological polar surface area (TPSA) is 198 Å². The molecule has 0 radical (unpaired) electrons. The van der Waals surface area contributed by atoms with Crippen molar-refractivity contribution in [1.29, 1.82) is 0 Å². The van der Waals surface area contributed by atoms with Gasteiger partial charge in [-0.3, -0.25) is 25.2 Å². The lowest BCUT2D eigenvalue weighted by atomic mass is 10.1. The highest BCUT2D eigenvalue weighted by atomic mass is 16.6. The van der Waals surface area contributed by atoms with Gasteiger partial charge in [-0.2, -0.15) is 0 Å². The molecule has 0 saturated carbocycles. The van der Waals surface area contributed by atoms with Gasteiger partial charge >= 0.3 is 18.3 Å². The van der Waals surface area contributed by atoms with E-state index in [9.17, 15) is 24.0 Å². The SMILES string of the molecule is CC(CCNCCCCNC(=O)CC(=O)NCCCCCCCCN=C(NC(=O)OC(C)(C)C)NC(=O)OC(C)(C)C)NC(=O)OC(C)(C)C. The first-order valence-corrected chi connectivity index (χ1v) is 17.9. The monoisotopic (exact) mass is 714 g/mol. The van der Waals surface area contributed by atoms with Gasteiger partial charge in [-0.15, -0.1) is 0 Å². The molecule has 1 unspecified atom stereocenters. The summed E-state index contributed by atoms with van der Waals surface area (Å²) in [6, 6.07) is -0.00477. The molecule has 0 saturated heterocycles. The first kappa shape index (κ1) is 46.4. The molecular weight excluding hydrogens is 646 g/mol. The smallest absolute Gasteiger partial charge is 0.414 e. The van der Waals surface area contributed by atoms with Crippen LogP contribution in [-0.2, 0) is 23.8 Å². The Hall–Kier alpha value is -3.62. The zero-order valence-corrected chi connectivity index (χ0v) is 32.4. The molecule has 1 atom stereocenters. The van der Waals surface area contributed by atoms with Gasteiger partial charge in [0.05, 0.1) is 0 Å². The number of unbranched alkanes of at least 4 members (excludes halogenated alkanes) is 6. The number of hydrogen-bond acceptors (Lipinski definition) is 10. The number of guanidine groups is 1. The second-order valence-corrected chi connectivity index (χ2v) is 15.3. The average Bonchev–Trinajstić information content (AvgIpc) is 2.92. The number of carbonyl (C=O) groups excluding carboxylic acids is 5. The van der Waals surface area contributed by atoms with E-state index in [1.54, 1.807) is 41.5 Å². The molecule has 0 aromatic rings. The highest BCUT2D eigenvalue weighted by Crippen LogP contribution is 2.09. The zero-order chi connectivity index (χ0) is 38.2. The number of ether oxygens (including phenoxy) is 3. The van der Waals surface area contributed by atoms with Crippen LogP contribution in [-0.4, -0.2) is 91.6 Å². The van der Waals surface area contributed by atoms with Crippen molar-refractivity contribution in [3.05, 3.63) is 0 Å². The van der Waals surface area contributed by atoms with Gasteiger partial charge in [-0.05, 0) is 114 Å². The van der Waals surface area contributed by atoms with Crippen LogP contribution in [0.4, 0.5) is 14.4 Å². The summed E-state index contributed by atoms with van der Waals surface area (Å²) in [7, 11) is 0. The van der Waals surface area contributed by atoms with Crippen molar-refractivity contribution in [1.82, 2.24) is 31.9 Å². The van der Waals surface area contributed by atoms with Crippen LogP contribution < -0.4 is 31.9 Å². The maximum atomic E-state index is 12.2. The van der Waals surface area contributed by atoms with E-state index in [1.165, 1.54) is 0 Å². The lowest BCUT2D eigenvalue weighted by Gasteiger charge is -2.22. The molecule has 5 amide bonds. The Morgan fingerprint density at radius 3 is 1.48 bits per heavy atom. The predicted octanol–water partition coefficient (Wildman–Crippen LogP) is 5.03. The number of hydrogen-bond donors (Lipinski definition) is 6. The summed E-state index contributed by atoms with van der Waals surface area (Å²) in [6.45, 7) is 20.8. The first-order chi connectivity index (χ1) is 23.1. The van der Waals surface area contributed by atoms with E-state index in [1.807, 2.05) is 27.7 Å². The fraction of sp³-hybridized carbons (Fsp3) is 0.829. The van der Waals surface area contributed by atoms with Crippen molar-refractivity contribution in [3.63, 3.8) is 0 Å². The number of nitrogens with zero attached hydrogens (tertiary/aromatic N) is 1. The van der Waals surface area contributed by atoms with Gasteiger partial charge in [0.25, 0.3) is 0 Å². The van der Waals surface area contributed by atoms with Crippen molar-refractivity contribution >= 4 is 36.1 Å². The van der Waals surface area contributed by atoms with Crippen molar-refractivity contribution in [2.24, 2.45) is 4.99 Å². The lowest BCUT2D eigenvalue weighted by molar-refractivity contribution is -0.129. The second kappa shape index (κ2) is 24.5. The Balaban J connectivity index is 3.99. The lowest BCUT2D eigenvalue weighted by Crippen LogP contribution is -2.47. The van der Waals surface area contributed by atoms with E-state index in [0.717, 1.165) is 70.9 Å². The molecule has 0 aliphatic heterocycles. The molecule has 290 valence electrons. The van der Waals surface area contributed by atoms with Crippen LogP contribution in [0.1, 0.15) is 133 Å². The van der Waals surface area contributed by atoms with Crippen LogP contribution in [0.3, 0.4) is 0 Å². The number of nitrogens with one attached hydrogen (secondary N) is 6. The fourth-order valence-corrected chi connectivity index (χ4v) is 4.17. The summed E-state index contributed by atoms with van der Waals surface area (Å²) in [5.41, 5.74) is -1.93. The van der Waals surface area contributed by atoms with E-state index in [-0.39, 0.29) is 30.2 Å². The van der Waals surface area contributed by atoms with Gasteiger partial charge in [-0.25, -0.2) is 14.4 Å². The van der Waals surface area contributed by atoms with Crippen molar-refractivity contribution in [2.45, 2.75) is 156 Å². The molecule has 0 aliphatic carbocycles. The Kier molecular flexibility index (Phi) is 22.7. The van der Waals surface area contributed by atoms with Crippen molar-refractivity contribution in [2.75, 3.05) is 32.7 Å². The van der Waals surface area contributed by atoms with Crippen LogP contribution >= 0.6 is 0 Å². The van der Waals surface area contributed by atoms with Crippen LogP contribution in [0.5, 0.6) is 0 Å². The molecular formula is C35H67N7O8. The average molecular weight is 714 g/mol. The number of aliphatic imine (C=N–C) groups is 1. The van der Waals surface area contributed by atoms with Gasteiger partial charge in [-0.1, -0.05) is 25.7 Å². The number of carbonyl (C=O) groups is 5. The third-order valence-electron chi connectivity index (χ3n) is 6.36. The number of rotatable bonds is 20. The second-order valence-electron chi connectivity index (χ2n) is 15.3. The van der Waals surface area contributed by atoms with Crippen LogP contribution in [0.2, 0.25) is 0 Å². The minimum absolute atomic E-state index is 0.00477. The molecule has 6 N–H and O–H groups in total. The van der Waals surface area contributed by atoms with Crippen molar-refractivity contribution < 1.29 is 38.2 Å². The maximum absolute atomic E-state index is 12.2. The van der Waals surface area contributed by atoms with Gasteiger partial charge in [0.15, 0.2) is 0 Å². The van der Waals surface area contributed by atoms with E-state index >= 15 is 0 Å². The first-order valence-electron chi connectivity index (χ1n) is 17.9. The molecule has 15 nitrogen and oxygen atoms in total. The van der Waals surface area contributed by atoms with Crippen LogP contribution in [0, 0.1) is 0 Å². The van der Waals surface area contributed by atoms with E-state index in [4.69, 9.17) is 14.2 Å². The van der Waals surface area contributed by atoms with E-state index in [2.05, 4.69) is 36.9 Å². The van der Waals surface area contributed by atoms with Crippen LogP contribution in [0.15, 0.2) is 4.99 Å². The molecule has 0 heterocycles. The summed E-state index contributed by atoms with van der Waals surface area (Å²) < 4.78 is 15.7. The summed E-state index contributed by atoms with van der Waals surface area (Å²) in [6.07, 6.45) is 5.77. The molecule has 50 heavy (non-hydrogen) atoms. The number of alkyl carbamates (subject to hydrolysis) is 3. The Morgan fingerprint density at radius 1 is 0.560 bits per heavy atom. The summed E-state index contributed by atoms with van der Waals surface area (Å²) in [5.74, 6) is -0.600. The highest BCUT2D eigenvalue weighted by molar-refractivity contribution is 6.01. The number of amides is 5. The Morgan fingerprint density at radius 2 is 0.980 bits per heavy atom. The molecule has 0 fully saturated rings. The molecule has 0 aliphatic rings. The fourth-order valence-electron chi connectivity index (χ4n) is 4.17. The van der Waals surface area contributed by atoms with Crippen molar-refractivity contribution in [3.8, 4) is 0 Å². The molecule has 0 bridgehead atoms. The molecule has 0 rings (SSSR count). The van der Waals surface area contributed by atoms with Gasteiger partial charge < -0.3 is 35.5 Å². The Labute approximate surface area is 299 Å². The van der Waals surface area contributed by atoms with Crippen LogP contribution in [0.25, 0.3) is 0 Å². The standard InChI is InChI=1S/C35H67N7O8/c1-26(40-30(45)48-33(2,3)4)19-24-36-20-17-18-22-38-28(44)25-27(43)37-21-15-13-11-12-14-16-23-39-29(41-31(46)49-34(5,6)7)42-32(47)50-35(8,9)10/h26,36H,11-25H2,1-10H3,(H,37,43)(H,38,44)(H,40,45)(H2,39,41,42,46,47). The molecule has 0 spiro atoms. The third kappa shape index (κ3) is 31.6. The Bertz CT molecular complexity index is 1030. The zero-order valence-electron chi connectivity index (χ0n) is 32.4. The van der Waals surface area contributed by atoms with Gasteiger partial charge in [0.2, 0.25) is 17.8 Å². The van der Waals surface area contributed by atoms with E-state index < -0.39 is 35.1 Å². The predicted molar refractivity (Wildman–Crippen MR) is 195 cm³/mol. The third-order valence-corrected chi connectivity index (χ3v) is 6.36.